The van der Waals surface area contributed by atoms with Gasteiger partial charge in [-0.2, -0.15) is 0 Å². The first-order chi connectivity index (χ1) is 18.7. The van der Waals surface area contributed by atoms with Crippen molar-refractivity contribution >= 4 is 5.91 Å². The fourth-order valence-electron chi connectivity index (χ4n) is 5.95. The summed E-state index contributed by atoms with van der Waals surface area (Å²) in [6.45, 7) is 4.56. The molecule has 0 heterocycles. The smallest absolute Gasteiger partial charge is 0.220 e. The summed E-state index contributed by atoms with van der Waals surface area (Å²) in [7, 11) is 0. The molecule has 0 aliphatic heterocycles. The summed E-state index contributed by atoms with van der Waals surface area (Å²) in [6, 6.07) is 0. The van der Waals surface area contributed by atoms with E-state index < -0.39 is 0 Å². The van der Waals surface area contributed by atoms with Crippen LogP contribution in [0.2, 0.25) is 0 Å². The lowest BCUT2D eigenvalue weighted by molar-refractivity contribution is -0.122. The second-order valence-electron chi connectivity index (χ2n) is 12.6. The molecule has 228 valence electrons. The van der Waals surface area contributed by atoms with Crippen LogP contribution in [-0.2, 0) is 4.79 Å². The van der Waals surface area contributed by atoms with Crippen LogP contribution >= 0.6 is 0 Å². The summed E-state index contributed by atoms with van der Waals surface area (Å²) in [6.07, 6.45) is 44.0. The third kappa shape index (κ3) is 30.0. The largest absolute Gasteiger partial charge is 0.369 e. The van der Waals surface area contributed by atoms with E-state index in [1.807, 2.05) is 0 Å². The Morgan fingerprint density at radius 2 is 0.553 bits per heavy atom. The number of unbranched alkanes of at least 4 members (excludes halogenated alkanes) is 28. The van der Waals surface area contributed by atoms with Crippen LogP contribution in [0.5, 0.6) is 0 Å². The first-order valence-electron chi connectivity index (χ1n) is 18.0. The van der Waals surface area contributed by atoms with Crippen LogP contribution in [0.15, 0.2) is 0 Å². The maximum Gasteiger partial charge on any atom is 0.220 e. The summed E-state index contributed by atoms with van der Waals surface area (Å²) in [5.41, 5.74) is 5.66. The summed E-state index contributed by atoms with van der Waals surface area (Å²) < 4.78 is 0. The predicted octanol–water partition coefficient (Wildman–Crippen LogP) is 12.6. The van der Waals surface area contributed by atoms with E-state index in [4.69, 9.17) is 5.73 Å². The quantitative estimate of drug-likeness (QED) is 0.0834. The van der Waals surface area contributed by atoms with Crippen LogP contribution in [0.1, 0.15) is 219 Å². The van der Waals surface area contributed by atoms with E-state index >= 15 is 0 Å². The highest BCUT2D eigenvalue weighted by atomic mass is 16.1. The van der Waals surface area contributed by atoms with Crippen LogP contribution in [-0.4, -0.2) is 5.91 Å². The molecule has 0 radical (unpaired) electrons. The fourth-order valence-corrected chi connectivity index (χ4v) is 5.95. The molecule has 0 saturated carbocycles. The highest BCUT2D eigenvalue weighted by Gasteiger charge is 2.14. The Morgan fingerprint density at radius 1 is 0.368 bits per heavy atom. The third-order valence-electron chi connectivity index (χ3n) is 8.71. The Bertz CT molecular complexity index is 449. The second kappa shape index (κ2) is 32.7. The van der Waals surface area contributed by atoms with Gasteiger partial charge < -0.3 is 5.73 Å². The molecule has 0 saturated heterocycles. The highest BCUT2D eigenvalue weighted by molar-refractivity contribution is 5.76. The highest BCUT2D eigenvalue weighted by Crippen LogP contribution is 2.20. The zero-order valence-electron chi connectivity index (χ0n) is 26.7. The third-order valence-corrected chi connectivity index (χ3v) is 8.71. The first kappa shape index (κ1) is 37.5. The van der Waals surface area contributed by atoms with Gasteiger partial charge in [-0.3, -0.25) is 4.79 Å². The molecule has 0 rings (SSSR count). The molecule has 1 amide bonds. The van der Waals surface area contributed by atoms with E-state index in [9.17, 15) is 4.79 Å². The van der Waals surface area contributed by atoms with Crippen LogP contribution in [0.4, 0.5) is 0 Å². The van der Waals surface area contributed by atoms with Crippen molar-refractivity contribution in [2.24, 2.45) is 11.7 Å². The van der Waals surface area contributed by atoms with Crippen molar-refractivity contribution in [2.45, 2.75) is 219 Å². The standard InChI is InChI=1S/C36H73NO/c1-3-5-7-9-11-12-13-14-15-16-17-18-19-20-21-22-23-24-25-26-27-28-30-32-34-35(36(37)38)33-31-29-10-8-6-4-2/h35H,3-34H2,1-2H3,(H2,37,38). The van der Waals surface area contributed by atoms with Crippen LogP contribution < -0.4 is 5.73 Å². The molecule has 0 aromatic heterocycles. The molecular formula is C36H73NO. The summed E-state index contributed by atoms with van der Waals surface area (Å²) >= 11 is 0. The Hall–Kier alpha value is -0.530. The number of hydrogen-bond donors (Lipinski definition) is 1. The summed E-state index contributed by atoms with van der Waals surface area (Å²) in [4.78, 5) is 11.7. The maximum atomic E-state index is 11.7. The van der Waals surface area contributed by atoms with Crippen molar-refractivity contribution in [1.29, 1.82) is 0 Å². The van der Waals surface area contributed by atoms with Crippen LogP contribution in [0, 0.1) is 5.92 Å². The van der Waals surface area contributed by atoms with Gasteiger partial charge in [-0.05, 0) is 12.8 Å². The monoisotopic (exact) mass is 536 g/mol. The molecule has 0 fully saturated rings. The van der Waals surface area contributed by atoms with E-state index in [-0.39, 0.29) is 11.8 Å². The number of carbonyl (C=O) groups is 1. The summed E-state index contributed by atoms with van der Waals surface area (Å²) in [5.74, 6) is 0.0635. The SMILES string of the molecule is CCCCCCCCCCCCCCCCCCCCCCCCCCC(CCCCCCCC)C(N)=O. The average molecular weight is 536 g/mol. The van der Waals surface area contributed by atoms with E-state index in [0.717, 1.165) is 12.8 Å². The minimum atomic E-state index is -0.0624. The van der Waals surface area contributed by atoms with Crippen molar-refractivity contribution in [3.63, 3.8) is 0 Å². The Labute approximate surface area is 241 Å². The van der Waals surface area contributed by atoms with Gasteiger partial charge in [0, 0.05) is 5.92 Å². The van der Waals surface area contributed by atoms with E-state index in [1.165, 1.54) is 193 Å². The number of amides is 1. The Morgan fingerprint density at radius 3 is 0.737 bits per heavy atom. The zero-order chi connectivity index (χ0) is 27.8. The van der Waals surface area contributed by atoms with Gasteiger partial charge in [0.1, 0.15) is 0 Å². The molecule has 0 aliphatic carbocycles. The molecule has 38 heavy (non-hydrogen) atoms. The Kier molecular flexibility index (Phi) is 32.2. The molecule has 0 aromatic carbocycles. The normalized spacial score (nSPS) is 12.3. The van der Waals surface area contributed by atoms with Crippen molar-refractivity contribution < 1.29 is 4.79 Å². The van der Waals surface area contributed by atoms with Gasteiger partial charge in [0.15, 0.2) is 0 Å². The number of nitrogens with two attached hydrogens (primary N) is 1. The second-order valence-corrected chi connectivity index (χ2v) is 12.6. The molecule has 0 aliphatic rings. The minimum absolute atomic E-state index is 0.0624. The molecule has 2 N–H and O–H groups in total. The lowest BCUT2D eigenvalue weighted by Crippen LogP contribution is -2.23. The topological polar surface area (TPSA) is 43.1 Å². The van der Waals surface area contributed by atoms with E-state index in [1.54, 1.807) is 0 Å². The van der Waals surface area contributed by atoms with Gasteiger partial charge in [0.2, 0.25) is 5.91 Å². The molecule has 2 heteroatoms. The molecule has 0 spiro atoms. The van der Waals surface area contributed by atoms with Crippen LogP contribution in [0.3, 0.4) is 0 Å². The number of primary amides is 1. The number of carbonyl (C=O) groups excluding carboxylic acids is 1. The van der Waals surface area contributed by atoms with Crippen molar-refractivity contribution in [2.75, 3.05) is 0 Å². The zero-order valence-corrected chi connectivity index (χ0v) is 26.7. The van der Waals surface area contributed by atoms with E-state index in [0.29, 0.717) is 0 Å². The number of rotatable bonds is 33. The van der Waals surface area contributed by atoms with E-state index in [2.05, 4.69) is 13.8 Å². The van der Waals surface area contributed by atoms with Gasteiger partial charge in [-0.15, -0.1) is 0 Å². The van der Waals surface area contributed by atoms with Gasteiger partial charge in [0.05, 0.1) is 0 Å². The number of hydrogen-bond acceptors (Lipinski definition) is 1. The molecular weight excluding hydrogens is 462 g/mol. The first-order valence-corrected chi connectivity index (χ1v) is 18.0. The molecule has 0 bridgehead atoms. The van der Waals surface area contributed by atoms with Crippen molar-refractivity contribution in [3.8, 4) is 0 Å². The van der Waals surface area contributed by atoms with Crippen molar-refractivity contribution in [3.05, 3.63) is 0 Å². The predicted molar refractivity (Wildman–Crippen MR) is 172 cm³/mol. The van der Waals surface area contributed by atoms with Gasteiger partial charge in [0.25, 0.3) is 0 Å². The lowest BCUT2D eigenvalue weighted by atomic mass is 9.93. The molecule has 1 unspecified atom stereocenters. The lowest BCUT2D eigenvalue weighted by Gasteiger charge is -2.13. The van der Waals surface area contributed by atoms with Crippen molar-refractivity contribution in [1.82, 2.24) is 0 Å². The van der Waals surface area contributed by atoms with Gasteiger partial charge in [-0.1, -0.05) is 206 Å². The maximum absolute atomic E-state index is 11.7. The van der Waals surface area contributed by atoms with Gasteiger partial charge in [-0.25, -0.2) is 0 Å². The fraction of sp³-hybridized carbons (Fsp3) is 0.972. The van der Waals surface area contributed by atoms with Gasteiger partial charge >= 0.3 is 0 Å². The summed E-state index contributed by atoms with van der Waals surface area (Å²) in [5, 5.41) is 0. The average Bonchev–Trinajstić information content (AvgIpc) is 2.91. The molecule has 0 aromatic rings. The Balaban J connectivity index is 3.25. The van der Waals surface area contributed by atoms with Crippen LogP contribution in [0.25, 0.3) is 0 Å². The molecule has 1 atom stereocenters. The minimum Gasteiger partial charge on any atom is -0.369 e. The molecule has 2 nitrogen and oxygen atoms in total.